The zero-order valence-electron chi connectivity index (χ0n) is 25.6. The van der Waals surface area contributed by atoms with E-state index < -0.39 is 5.78 Å². The molecule has 224 valence electrons. The molecule has 1 aliphatic rings. The molecule has 2 aromatic rings. The Hall–Kier alpha value is -4.19. The van der Waals surface area contributed by atoms with Gasteiger partial charge in [0.15, 0.2) is 28.8 Å². The minimum Gasteiger partial charge on any atom is -0.508 e. The van der Waals surface area contributed by atoms with Gasteiger partial charge in [-0.05, 0) is 106 Å². The summed E-state index contributed by atoms with van der Waals surface area (Å²) >= 11 is 0. The van der Waals surface area contributed by atoms with Crippen LogP contribution in [-0.2, 0) is 4.79 Å². The highest BCUT2D eigenvalue weighted by molar-refractivity contribution is 6.02. The number of ketones is 1. The van der Waals surface area contributed by atoms with Crippen LogP contribution in [0.5, 0.6) is 23.0 Å². The van der Waals surface area contributed by atoms with Crippen LogP contribution in [0.25, 0.3) is 12.2 Å². The molecule has 0 unspecified atom stereocenters. The van der Waals surface area contributed by atoms with E-state index in [-0.39, 0.29) is 23.2 Å². The Morgan fingerprint density at radius 1 is 1.02 bits per heavy atom. The summed E-state index contributed by atoms with van der Waals surface area (Å²) in [5.74, 6) is 1.09. The molecule has 0 radical (unpaired) electrons. The normalized spacial score (nSPS) is 18.1. The minimum absolute atomic E-state index is 0.0109. The van der Waals surface area contributed by atoms with E-state index in [2.05, 4.69) is 39.8 Å². The summed E-state index contributed by atoms with van der Waals surface area (Å²) in [4.78, 5) is 12.4. The number of ether oxygens (including phenoxy) is 2. The molecular formula is C36H44O6. The molecule has 0 aliphatic heterocycles. The van der Waals surface area contributed by atoms with Gasteiger partial charge in [0.05, 0.1) is 14.2 Å². The first-order valence-electron chi connectivity index (χ1n) is 14.4. The predicted molar refractivity (Wildman–Crippen MR) is 170 cm³/mol. The van der Waals surface area contributed by atoms with Crippen LogP contribution in [0, 0.1) is 11.8 Å². The summed E-state index contributed by atoms with van der Waals surface area (Å²) in [6, 6.07) is 8.40. The van der Waals surface area contributed by atoms with Gasteiger partial charge in [0.25, 0.3) is 0 Å². The van der Waals surface area contributed by atoms with Gasteiger partial charge in [-0.1, -0.05) is 48.4 Å². The van der Waals surface area contributed by atoms with Gasteiger partial charge in [-0.15, -0.1) is 0 Å². The lowest BCUT2D eigenvalue weighted by molar-refractivity contribution is -0.110. The lowest BCUT2D eigenvalue weighted by atomic mass is 9.70. The van der Waals surface area contributed by atoms with Crippen molar-refractivity contribution in [3.05, 3.63) is 94.3 Å². The maximum Gasteiger partial charge on any atom is 0.182 e. The third-order valence-electron chi connectivity index (χ3n) is 7.79. The Balaban J connectivity index is 1.84. The molecule has 1 aliphatic carbocycles. The standard InChI is InChI=1S/C36H44O6/c1-23(2)8-7-9-25(4)30-16-10-24(3)18-31(30)32-19-27(21-35(42-6)36(32)40)12-15-29(38)22-28(37)14-11-26-13-17-33(39)34(20-26)41-5/h8,11-15,17-22,25,30-31,38-40H,7,9-10,16H2,1-6H3/b14-11+,15-12+,29-22-/t25-,30+,31-/m0/s1. The Bertz CT molecular complexity index is 1400. The second-order valence-electron chi connectivity index (χ2n) is 11.3. The molecule has 6 nitrogen and oxygen atoms in total. The quantitative estimate of drug-likeness (QED) is 0.102. The van der Waals surface area contributed by atoms with Crippen molar-refractivity contribution < 1.29 is 29.6 Å². The maximum absolute atomic E-state index is 12.4. The van der Waals surface area contributed by atoms with Crippen LogP contribution in [0.4, 0.5) is 0 Å². The smallest absolute Gasteiger partial charge is 0.182 e. The van der Waals surface area contributed by atoms with E-state index in [1.54, 1.807) is 30.4 Å². The van der Waals surface area contributed by atoms with E-state index in [0.29, 0.717) is 28.9 Å². The van der Waals surface area contributed by atoms with E-state index in [0.717, 1.165) is 42.9 Å². The molecule has 0 spiro atoms. The minimum atomic E-state index is -0.402. The number of phenols is 2. The molecule has 3 atom stereocenters. The highest BCUT2D eigenvalue weighted by atomic mass is 16.5. The maximum atomic E-state index is 12.4. The largest absolute Gasteiger partial charge is 0.508 e. The van der Waals surface area contributed by atoms with Gasteiger partial charge < -0.3 is 24.8 Å². The van der Waals surface area contributed by atoms with E-state index in [1.807, 2.05) is 6.07 Å². The number of aromatic hydroxyl groups is 2. The second-order valence-corrected chi connectivity index (χ2v) is 11.3. The number of carbonyl (C=O) groups excluding carboxylic acids is 1. The van der Waals surface area contributed by atoms with Crippen molar-refractivity contribution in [3.63, 3.8) is 0 Å². The third kappa shape index (κ3) is 8.90. The third-order valence-corrected chi connectivity index (χ3v) is 7.79. The highest BCUT2D eigenvalue weighted by Gasteiger charge is 2.31. The Kier molecular flexibility index (Phi) is 11.7. The van der Waals surface area contributed by atoms with Crippen molar-refractivity contribution >= 4 is 17.9 Å². The molecular weight excluding hydrogens is 528 g/mol. The fraction of sp³-hybridized carbons (Fsp3) is 0.361. The van der Waals surface area contributed by atoms with Gasteiger partial charge >= 0.3 is 0 Å². The number of carbonyl (C=O) groups is 1. The number of allylic oxidation sites excluding steroid dienone is 7. The van der Waals surface area contributed by atoms with Crippen LogP contribution in [0.3, 0.4) is 0 Å². The summed E-state index contributed by atoms with van der Waals surface area (Å²) in [7, 11) is 2.98. The van der Waals surface area contributed by atoms with E-state index in [1.165, 1.54) is 43.6 Å². The molecule has 0 bridgehead atoms. The zero-order valence-corrected chi connectivity index (χ0v) is 25.6. The number of benzene rings is 2. The molecule has 6 heteroatoms. The van der Waals surface area contributed by atoms with Gasteiger partial charge in [0, 0.05) is 17.6 Å². The average molecular weight is 573 g/mol. The van der Waals surface area contributed by atoms with Crippen LogP contribution in [0.1, 0.15) is 76.0 Å². The summed E-state index contributed by atoms with van der Waals surface area (Å²) in [6.07, 6.45) is 16.0. The van der Waals surface area contributed by atoms with Crippen molar-refractivity contribution in [2.24, 2.45) is 11.8 Å². The van der Waals surface area contributed by atoms with Gasteiger partial charge in [-0.2, -0.15) is 0 Å². The molecule has 2 aromatic carbocycles. The summed E-state index contributed by atoms with van der Waals surface area (Å²) in [5.41, 5.74) is 4.85. The average Bonchev–Trinajstić information content (AvgIpc) is 2.95. The summed E-state index contributed by atoms with van der Waals surface area (Å²) in [6.45, 7) is 8.69. The highest BCUT2D eigenvalue weighted by Crippen LogP contribution is 2.47. The molecule has 3 rings (SSSR count). The van der Waals surface area contributed by atoms with Crippen LogP contribution in [-0.4, -0.2) is 35.3 Å². The number of hydrogen-bond acceptors (Lipinski definition) is 6. The Labute approximate surface area is 250 Å². The first kappa shape index (κ1) is 32.3. The number of methoxy groups -OCH3 is 2. The molecule has 0 saturated heterocycles. The fourth-order valence-electron chi connectivity index (χ4n) is 5.45. The van der Waals surface area contributed by atoms with Crippen molar-refractivity contribution in [1.82, 2.24) is 0 Å². The van der Waals surface area contributed by atoms with Crippen LogP contribution in [0.2, 0.25) is 0 Å². The molecule has 0 fully saturated rings. The topological polar surface area (TPSA) is 96.2 Å². The first-order chi connectivity index (χ1) is 20.0. The monoisotopic (exact) mass is 572 g/mol. The number of aliphatic hydroxyl groups excluding tert-OH is 1. The van der Waals surface area contributed by atoms with E-state index in [9.17, 15) is 20.1 Å². The Morgan fingerprint density at radius 3 is 2.40 bits per heavy atom. The fourth-order valence-corrected chi connectivity index (χ4v) is 5.45. The van der Waals surface area contributed by atoms with E-state index in [4.69, 9.17) is 9.47 Å². The number of rotatable bonds is 12. The number of hydrogen-bond donors (Lipinski definition) is 3. The molecule has 0 amide bonds. The van der Waals surface area contributed by atoms with Crippen LogP contribution < -0.4 is 9.47 Å². The molecule has 0 heterocycles. The summed E-state index contributed by atoms with van der Waals surface area (Å²) < 4.78 is 10.6. The lowest BCUT2D eigenvalue weighted by Gasteiger charge is -2.35. The van der Waals surface area contributed by atoms with Gasteiger partial charge in [0.1, 0.15) is 5.76 Å². The zero-order chi connectivity index (χ0) is 30.8. The molecule has 0 aromatic heterocycles. The molecule has 42 heavy (non-hydrogen) atoms. The summed E-state index contributed by atoms with van der Waals surface area (Å²) in [5, 5.41) is 31.3. The second kappa shape index (κ2) is 15.2. The molecule has 3 N–H and O–H groups in total. The van der Waals surface area contributed by atoms with Crippen molar-refractivity contribution in [1.29, 1.82) is 0 Å². The molecule has 0 saturated carbocycles. The first-order valence-corrected chi connectivity index (χ1v) is 14.4. The van der Waals surface area contributed by atoms with Crippen molar-refractivity contribution in [2.45, 2.75) is 59.3 Å². The predicted octanol–water partition coefficient (Wildman–Crippen LogP) is 8.68. The van der Waals surface area contributed by atoms with Crippen molar-refractivity contribution in [3.8, 4) is 23.0 Å². The SMILES string of the molecule is COc1cc(/C=C/C(=O)/C=C(O)/C=C/c2cc(OC)c(O)c([C@H]3C=C(C)CC[C@@H]3[C@@H](C)CCC=C(C)C)c2)ccc1O. The van der Waals surface area contributed by atoms with Crippen LogP contribution in [0.15, 0.2) is 77.6 Å². The van der Waals surface area contributed by atoms with Gasteiger partial charge in [-0.3, -0.25) is 4.79 Å². The number of aliphatic hydroxyl groups is 1. The lowest BCUT2D eigenvalue weighted by Crippen LogP contribution is -2.23. The number of phenolic OH excluding ortho intramolecular Hbond substituents is 2. The van der Waals surface area contributed by atoms with Crippen molar-refractivity contribution in [2.75, 3.05) is 14.2 Å². The van der Waals surface area contributed by atoms with E-state index >= 15 is 0 Å². The Morgan fingerprint density at radius 2 is 1.71 bits per heavy atom. The van der Waals surface area contributed by atoms with Gasteiger partial charge in [0.2, 0.25) is 0 Å². The van der Waals surface area contributed by atoms with Gasteiger partial charge in [-0.25, -0.2) is 0 Å². The van der Waals surface area contributed by atoms with Crippen LogP contribution >= 0.6 is 0 Å².